The number of para-hydroxylation sites is 1. The minimum absolute atomic E-state index is 0.0561. The molecule has 0 unspecified atom stereocenters. The molecule has 1 aromatic carbocycles. The Morgan fingerprint density at radius 3 is 2.60 bits per heavy atom. The van der Waals surface area contributed by atoms with Crippen molar-refractivity contribution >= 4 is 29.2 Å². The van der Waals surface area contributed by atoms with Crippen LogP contribution >= 0.6 is 0 Å². The van der Waals surface area contributed by atoms with Gasteiger partial charge in [0, 0.05) is 24.3 Å². The molecule has 1 aliphatic heterocycles. The molecule has 4 atom stereocenters. The minimum atomic E-state index is -0.422. The highest BCUT2D eigenvalue weighted by molar-refractivity contribution is 5.94. The molecule has 1 aromatic heterocycles. The van der Waals surface area contributed by atoms with Gasteiger partial charge in [0.1, 0.15) is 17.8 Å². The Bertz CT molecular complexity index is 966. The number of anilines is 2. The lowest BCUT2D eigenvalue weighted by Crippen LogP contribution is -2.45. The predicted octanol–water partition coefficient (Wildman–Crippen LogP) is 1.06. The maximum atomic E-state index is 12.7. The monoisotopic (exact) mass is 408 g/mol. The van der Waals surface area contributed by atoms with Crippen molar-refractivity contribution in [3.63, 3.8) is 0 Å². The normalized spacial score (nSPS) is 24.9. The molecule has 0 spiro atoms. The van der Waals surface area contributed by atoms with E-state index < -0.39 is 5.91 Å². The van der Waals surface area contributed by atoms with Crippen molar-refractivity contribution in [1.29, 1.82) is 0 Å². The molecule has 2 fully saturated rings. The zero-order chi connectivity index (χ0) is 21.3. The van der Waals surface area contributed by atoms with Crippen LogP contribution in [0.4, 0.5) is 11.5 Å². The number of hydrogen-bond acceptors (Lipinski definition) is 6. The molecule has 2 aromatic rings. The van der Waals surface area contributed by atoms with Crippen LogP contribution in [-0.2, 0) is 9.59 Å². The first-order valence-electron chi connectivity index (χ1n) is 9.99. The Morgan fingerprint density at radius 1 is 1.13 bits per heavy atom. The van der Waals surface area contributed by atoms with Crippen molar-refractivity contribution < 1.29 is 14.4 Å². The third kappa shape index (κ3) is 4.10. The third-order valence-electron chi connectivity index (χ3n) is 5.77. The quantitative estimate of drug-likeness (QED) is 0.655. The van der Waals surface area contributed by atoms with Gasteiger partial charge in [-0.25, -0.2) is 9.97 Å². The molecule has 2 aliphatic rings. The summed E-state index contributed by atoms with van der Waals surface area (Å²) in [7, 11) is 0. The van der Waals surface area contributed by atoms with Gasteiger partial charge in [-0.2, -0.15) is 0 Å². The molecule has 1 saturated carbocycles. The van der Waals surface area contributed by atoms with Gasteiger partial charge in [0.25, 0.3) is 5.91 Å². The fourth-order valence-corrected chi connectivity index (χ4v) is 3.90. The van der Waals surface area contributed by atoms with Crippen LogP contribution in [0.2, 0.25) is 0 Å². The summed E-state index contributed by atoms with van der Waals surface area (Å²) in [5, 5.41) is 6.11. The van der Waals surface area contributed by atoms with Crippen LogP contribution in [0.1, 0.15) is 30.3 Å². The average Bonchev–Trinajstić information content (AvgIpc) is 3.47. The van der Waals surface area contributed by atoms with Crippen molar-refractivity contribution in [2.75, 3.05) is 11.9 Å². The molecule has 1 aliphatic carbocycles. The molecule has 0 bridgehead atoms. The molecule has 156 valence electrons. The molecule has 30 heavy (non-hydrogen) atoms. The van der Waals surface area contributed by atoms with E-state index in [4.69, 9.17) is 5.73 Å². The molecule has 0 radical (unpaired) electrons. The SMILES string of the molecule is C[C@@H]1[C@H](NC(=O)c2cc(Nc3ccccc3)ncn2)CCN1C(=O)[C@@H]1C[C@@H]1C(N)=O. The average molecular weight is 408 g/mol. The van der Waals surface area contributed by atoms with Gasteiger partial charge in [-0.15, -0.1) is 0 Å². The molecule has 9 heteroatoms. The molecule has 2 heterocycles. The lowest BCUT2D eigenvalue weighted by molar-refractivity contribution is -0.135. The van der Waals surface area contributed by atoms with Gasteiger partial charge in [0.05, 0.1) is 17.9 Å². The van der Waals surface area contributed by atoms with Crippen LogP contribution in [0.5, 0.6) is 0 Å². The second-order valence-corrected chi connectivity index (χ2v) is 7.77. The number of nitrogens with one attached hydrogen (secondary N) is 2. The van der Waals surface area contributed by atoms with Crippen LogP contribution in [0.15, 0.2) is 42.7 Å². The first kappa shape index (κ1) is 19.8. The van der Waals surface area contributed by atoms with Crippen molar-refractivity contribution in [2.45, 2.75) is 31.8 Å². The summed E-state index contributed by atoms with van der Waals surface area (Å²) in [4.78, 5) is 46.6. The van der Waals surface area contributed by atoms with E-state index in [1.807, 2.05) is 37.3 Å². The number of primary amides is 1. The predicted molar refractivity (Wildman–Crippen MR) is 110 cm³/mol. The van der Waals surface area contributed by atoms with Gasteiger partial charge < -0.3 is 21.3 Å². The lowest BCUT2D eigenvalue weighted by atomic mass is 10.1. The number of nitrogens with zero attached hydrogens (tertiary/aromatic N) is 3. The topological polar surface area (TPSA) is 130 Å². The van der Waals surface area contributed by atoms with Gasteiger partial charge in [-0.3, -0.25) is 14.4 Å². The highest BCUT2D eigenvalue weighted by Gasteiger charge is 2.50. The van der Waals surface area contributed by atoms with Gasteiger partial charge in [-0.05, 0) is 31.9 Å². The number of rotatable bonds is 6. The van der Waals surface area contributed by atoms with Crippen LogP contribution in [0, 0.1) is 11.8 Å². The summed E-state index contributed by atoms with van der Waals surface area (Å²) >= 11 is 0. The van der Waals surface area contributed by atoms with Gasteiger partial charge in [0.2, 0.25) is 11.8 Å². The Labute approximate surface area is 174 Å². The number of carbonyl (C=O) groups is 3. The van der Waals surface area contributed by atoms with Crippen molar-refractivity contribution in [1.82, 2.24) is 20.2 Å². The summed E-state index contributed by atoms with van der Waals surface area (Å²) in [6.45, 7) is 2.44. The third-order valence-corrected chi connectivity index (χ3v) is 5.77. The van der Waals surface area contributed by atoms with Crippen LogP contribution in [-0.4, -0.2) is 51.2 Å². The molecule has 1 saturated heterocycles. The van der Waals surface area contributed by atoms with E-state index >= 15 is 0 Å². The number of hydrogen-bond donors (Lipinski definition) is 3. The molecule has 4 N–H and O–H groups in total. The number of amides is 3. The number of aromatic nitrogens is 2. The van der Waals surface area contributed by atoms with Gasteiger partial charge >= 0.3 is 0 Å². The minimum Gasteiger partial charge on any atom is -0.369 e. The van der Waals surface area contributed by atoms with Crippen LogP contribution in [0.3, 0.4) is 0 Å². The standard InChI is InChI=1S/C21H24N6O3/c1-12-16(7-8-27(12)21(30)15-9-14(15)19(22)28)26-20(29)17-10-18(24-11-23-17)25-13-5-3-2-4-6-13/h2-6,10-12,14-16H,7-9H2,1H3,(H2,22,28)(H,26,29)(H,23,24,25)/t12-,14+,15-,16-/m1/s1. The highest BCUT2D eigenvalue weighted by Crippen LogP contribution is 2.40. The fraction of sp³-hybridized carbons (Fsp3) is 0.381. The molecule has 3 amide bonds. The summed E-state index contributed by atoms with van der Waals surface area (Å²) in [6.07, 6.45) is 2.50. The Morgan fingerprint density at radius 2 is 1.90 bits per heavy atom. The van der Waals surface area contributed by atoms with Crippen LogP contribution in [0.25, 0.3) is 0 Å². The molecular formula is C21H24N6O3. The van der Waals surface area contributed by atoms with Gasteiger partial charge in [0.15, 0.2) is 0 Å². The first-order chi connectivity index (χ1) is 14.4. The number of nitrogens with two attached hydrogens (primary N) is 1. The number of benzene rings is 1. The van der Waals surface area contributed by atoms with Crippen LogP contribution < -0.4 is 16.4 Å². The summed E-state index contributed by atoms with van der Waals surface area (Å²) in [6, 6.07) is 10.8. The molecular weight excluding hydrogens is 384 g/mol. The Kier molecular flexibility index (Phi) is 5.35. The smallest absolute Gasteiger partial charge is 0.270 e. The maximum Gasteiger partial charge on any atom is 0.270 e. The van der Waals surface area contributed by atoms with E-state index in [-0.39, 0.29) is 41.4 Å². The second kappa shape index (κ2) is 8.10. The molecule has 9 nitrogen and oxygen atoms in total. The summed E-state index contributed by atoms with van der Waals surface area (Å²) in [5.74, 6) is -0.944. The number of carbonyl (C=O) groups excluding carboxylic acids is 3. The second-order valence-electron chi connectivity index (χ2n) is 7.77. The number of likely N-dealkylation sites (tertiary alicyclic amines) is 1. The highest BCUT2D eigenvalue weighted by atomic mass is 16.2. The lowest BCUT2D eigenvalue weighted by Gasteiger charge is -2.25. The van der Waals surface area contributed by atoms with E-state index in [0.29, 0.717) is 25.2 Å². The zero-order valence-electron chi connectivity index (χ0n) is 16.6. The van der Waals surface area contributed by atoms with E-state index in [0.717, 1.165) is 5.69 Å². The van der Waals surface area contributed by atoms with E-state index in [9.17, 15) is 14.4 Å². The van der Waals surface area contributed by atoms with E-state index in [2.05, 4.69) is 20.6 Å². The maximum absolute atomic E-state index is 12.7. The fourth-order valence-electron chi connectivity index (χ4n) is 3.90. The van der Waals surface area contributed by atoms with Crippen molar-refractivity contribution in [2.24, 2.45) is 17.6 Å². The van der Waals surface area contributed by atoms with E-state index in [1.165, 1.54) is 6.33 Å². The molecule has 4 rings (SSSR count). The Hall–Kier alpha value is -3.49. The van der Waals surface area contributed by atoms with Gasteiger partial charge in [-0.1, -0.05) is 18.2 Å². The largest absolute Gasteiger partial charge is 0.369 e. The summed E-state index contributed by atoms with van der Waals surface area (Å²) in [5.41, 5.74) is 6.40. The van der Waals surface area contributed by atoms with Crippen molar-refractivity contribution in [3.8, 4) is 0 Å². The van der Waals surface area contributed by atoms with Crippen molar-refractivity contribution in [3.05, 3.63) is 48.4 Å². The first-order valence-corrected chi connectivity index (χ1v) is 9.99. The summed E-state index contributed by atoms with van der Waals surface area (Å²) < 4.78 is 0. The zero-order valence-corrected chi connectivity index (χ0v) is 16.6. The Balaban J connectivity index is 1.37. The van der Waals surface area contributed by atoms with E-state index in [1.54, 1.807) is 11.0 Å².